The summed E-state index contributed by atoms with van der Waals surface area (Å²) in [7, 11) is 0. The molecule has 1 aromatic rings. The SMILES string of the molecule is CCCCCCCc1ccc(CCCCC2CCC(/C=C/C=C/C#N)CC2)cc1. The first-order valence-corrected chi connectivity index (χ1v) is 12.1. The zero-order valence-electron chi connectivity index (χ0n) is 18.6. The summed E-state index contributed by atoms with van der Waals surface area (Å²) in [5, 5.41) is 8.51. The summed E-state index contributed by atoms with van der Waals surface area (Å²) in [5.41, 5.74) is 3.03. The van der Waals surface area contributed by atoms with Crippen LogP contribution >= 0.6 is 0 Å². The molecular formula is C28H41N. The van der Waals surface area contributed by atoms with Crippen molar-refractivity contribution in [3.8, 4) is 6.07 Å². The lowest BCUT2D eigenvalue weighted by molar-refractivity contribution is 0.289. The summed E-state index contributed by atoms with van der Waals surface area (Å²) in [6.07, 6.45) is 26.6. The predicted molar refractivity (Wildman–Crippen MR) is 126 cm³/mol. The first kappa shape index (κ1) is 23.5. The Morgan fingerprint density at radius 2 is 1.45 bits per heavy atom. The first-order valence-electron chi connectivity index (χ1n) is 12.1. The Morgan fingerprint density at radius 1 is 0.828 bits per heavy atom. The molecule has 1 aromatic carbocycles. The second kappa shape index (κ2) is 15.1. The number of nitrogens with zero attached hydrogens (tertiary/aromatic N) is 1. The fourth-order valence-corrected chi connectivity index (χ4v) is 4.56. The van der Waals surface area contributed by atoms with E-state index in [0.717, 1.165) is 11.8 Å². The Labute approximate surface area is 179 Å². The van der Waals surface area contributed by atoms with E-state index < -0.39 is 0 Å². The van der Waals surface area contributed by atoms with Gasteiger partial charge in [-0.3, -0.25) is 0 Å². The molecule has 1 nitrogen and oxygen atoms in total. The van der Waals surface area contributed by atoms with E-state index in [4.69, 9.17) is 5.26 Å². The molecule has 0 radical (unpaired) electrons. The lowest BCUT2D eigenvalue weighted by Gasteiger charge is -2.26. The number of hydrogen-bond donors (Lipinski definition) is 0. The highest BCUT2D eigenvalue weighted by Crippen LogP contribution is 2.32. The number of benzene rings is 1. The zero-order valence-corrected chi connectivity index (χ0v) is 18.6. The molecule has 0 N–H and O–H groups in total. The molecule has 0 bridgehead atoms. The quantitative estimate of drug-likeness (QED) is 0.188. The van der Waals surface area contributed by atoms with Gasteiger partial charge in [-0.2, -0.15) is 5.26 Å². The van der Waals surface area contributed by atoms with E-state index in [0.29, 0.717) is 0 Å². The third-order valence-electron chi connectivity index (χ3n) is 6.48. The predicted octanol–water partition coefficient (Wildman–Crippen LogP) is 8.35. The van der Waals surface area contributed by atoms with Crippen LogP contribution in [0.1, 0.15) is 95.1 Å². The standard InChI is InChI=1S/C28H41N/c1-2-3-4-5-7-12-25-16-20-27(21-17-25)14-9-10-15-28-22-18-26(19-23-28)13-8-6-11-24-29/h6,8,11,13,16-17,20-21,26,28H,2-5,7,9-10,12,14-15,18-19,22-23H2,1H3/b11-6+,13-8+. The van der Waals surface area contributed by atoms with Crippen molar-refractivity contribution in [3.63, 3.8) is 0 Å². The smallest absolute Gasteiger partial charge is 0.0912 e. The minimum Gasteiger partial charge on any atom is -0.193 e. The molecule has 2 rings (SSSR count). The third kappa shape index (κ3) is 10.5. The molecule has 0 atom stereocenters. The summed E-state index contributed by atoms with van der Waals surface area (Å²) in [4.78, 5) is 0. The van der Waals surface area contributed by atoms with Crippen LogP contribution in [0.2, 0.25) is 0 Å². The molecule has 1 saturated carbocycles. The Balaban J connectivity index is 1.54. The van der Waals surface area contributed by atoms with Gasteiger partial charge >= 0.3 is 0 Å². The van der Waals surface area contributed by atoms with Gasteiger partial charge in [-0.25, -0.2) is 0 Å². The molecule has 0 spiro atoms. The van der Waals surface area contributed by atoms with E-state index in [1.807, 2.05) is 18.2 Å². The molecule has 0 heterocycles. The normalized spacial score (nSPS) is 19.7. The highest BCUT2D eigenvalue weighted by Gasteiger charge is 2.18. The molecular weight excluding hydrogens is 350 g/mol. The summed E-state index contributed by atoms with van der Waals surface area (Å²) in [6, 6.07) is 11.5. The second-order valence-corrected chi connectivity index (χ2v) is 8.88. The van der Waals surface area contributed by atoms with Crippen LogP contribution in [0.5, 0.6) is 0 Å². The largest absolute Gasteiger partial charge is 0.193 e. The van der Waals surface area contributed by atoms with E-state index in [2.05, 4.69) is 37.3 Å². The van der Waals surface area contributed by atoms with Gasteiger partial charge in [0.2, 0.25) is 0 Å². The second-order valence-electron chi connectivity index (χ2n) is 8.88. The minimum atomic E-state index is 0.722. The molecule has 0 aliphatic heterocycles. The Kier molecular flexibility index (Phi) is 12.2. The van der Waals surface area contributed by atoms with Gasteiger partial charge in [-0.1, -0.05) is 87.9 Å². The van der Waals surface area contributed by atoms with Gasteiger partial charge in [0.1, 0.15) is 0 Å². The van der Waals surface area contributed by atoms with Crippen LogP contribution in [0.3, 0.4) is 0 Å². The van der Waals surface area contributed by atoms with Gasteiger partial charge < -0.3 is 0 Å². The number of hydrogen-bond acceptors (Lipinski definition) is 1. The summed E-state index contributed by atoms with van der Waals surface area (Å²) in [5.74, 6) is 1.66. The fourth-order valence-electron chi connectivity index (χ4n) is 4.56. The molecule has 0 saturated heterocycles. The molecule has 1 aliphatic carbocycles. The highest BCUT2D eigenvalue weighted by molar-refractivity contribution is 5.22. The van der Waals surface area contributed by atoms with Crippen molar-refractivity contribution in [1.82, 2.24) is 0 Å². The van der Waals surface area contributed by atoms with Crippen molar-refractivity contribution in [2.24, 2.45) is 11.8 Å². The van der Waals surface area contributed by atoms with E-state index >= 15 is 0 Å². The van der Waals surface area contributed by atoms with Crippen LogP contribution in [0.15, 0.2) is 48.6 Å². The molecule has 29 heavy (non-hydrogen) atoms. The summed E-state index contributed by atoms with van der Waals surface area (Å²) < 4.78 is 0. The molecule has 1 heteroatoms. The van der Waals surface area contributed by atoms with Gasteiger partial charge in [0, 0.05) is 6.08 Å². The van der Waals surface area contributed by atoms with Gasteiger partial charge in [0.15, 0.2) is 0 Å². The summed E-state index contributed by atoms with van der Waals surface area (Å²) >= 11 is 0. The number of nitriles is 1. The highest BCUT2D eigenvalue weighted by atomic mass is 14.2. The van der Waals surface area contributed by atoms with Crippen LogP contribution in [0.25, 0.3) is 0 Å². The lowest BCUT2D eigenvalue weighted by Crippen LogP contribution is -2.13. The minimum absolute atomic E-state index is 0.722. The van der Waals surface area contributed by atoms with Crippen LogP contribution in [0, 0.1) is 23.2 Å². The van der Waals surface area contributed by atoms with Gasteiger partial charge in [-0.05, 0) is 74.3 Å². The van der Waals surface area contributed by atoms with E-state index in [9.17, 15) is 0 Å². The van der Waals surface area contributed by atoms with Gasteiger partial charge in [0.25, 0.3) is 0 Å². The van der Waals surface area contributed by atoms with E-state index in [1.165, 1.54) is 101 Å². The van der Waals surface area contributed by atoms with E-state index in [-0.39, 0.29) is 0 Å². The average Bonchev–Trinajstić information content (AvgIpc) is 2.76. The maximum absolute atomic E-state index is 8.51. The Hall–Kier alpha value is -1.81. The maximum Gasteiger partial charge on any atom is 0.0912 e. The molecule has 0 amide bonds. The molecule has 158 valence electrons. The van der Waals surface area contributed by atoms with Crippen molar-refractivity contribution in [1.29, 1.82) is 5.26 Å². The van der Waals surface area contributed by atoms with Gasteiger partial charge in [0.05, 0.1) is 6.07 Å². The van der Waals surface area contributed by atoms with Crippen molar-refractivity contribution >= 4 is 0 Å². The number of allylic oxidation sites excluding steroid dienone is 4. The van der Waals surface area contributed by atoms with Crippen molar-refractivity contribution in [2.45, 2.75) is 96.8 Å². The van der Waals surface area contributed by atoms with Crippen LogP contribution < -0.4 is 0 Å². The Bertz CT molecular complexity index is 623. The zero-order chi connectivity index (χ0) is 20.6. The molecule has 1 aliphatic rings. The lowest BCUT2D eigenvalue weighted by atomic mass is 9.79. The molecule has 1 fully saturated rings. The van der Waals surface area contributed by atoms with E-state index in [1.54, 1.807) is 6.08 Å². The van der Waals surface area contributed by atoms with Crippen LogP contribution in [-0.2, 0) is 12.8 Å². The topological polar surface area (TPSA) is 23.8 Å². The number of aryl methyl sites for hydroxylation is 2. The van der Waals surface area contributed by atoms with Crippen molar-refractivity contribution in [3.05, 3.63) is 59.7 Å². The van der Waals surface area contributed by atoms with Gasteiger partial charge in [-0.15, -0.1) is 0 Å². The van der Waals surface area contributed by atoms with Crippen molar-refractivity contribution < 1.29 is 0 Å². The molecule has 0 aromatic heterocycles. The van der Waals surface area contributed by atoms with Crippen LogP contribution in [-0.4, -0.2) is 0 Å². The summed E-state index contributed by atoms with van der Waals surface area (Å²) in [6.45, 7) is 2.28. The maximum atomic E-state index is 8.51. The third-order valence-corrected chi connectivity index (χ3v) is 6.48. The average molecular weight is 392 g/mol. The monoisotopic (exact) mass is 391 g/mol. The van der Waals surface area contributed by atoms with Crippen molar-refractivity contribution in [2.75, 3.05) is 0 Å². The molecule has 0 unspecified atom stereocenters. The fraction of sp³-hybridized carbons (Fsp3) is 0.607. The van der Waals surface area contributed by atoms with Crippen LogP contribution in [0.4, 0.5) is 0 Å². The Morgan fingerprint density at radius 3 is 2.07 bits per heavy atom. The first-order chi connectivity index (χ1) is 14.3. The number of rotatable bonds is 13. The number of unbranched alkanes of at least 4 members (excludes halogenated alkanes) is 5.